The highest BCUT2D eigenvalue weighted by atomic mass is 16.4. The number of hydrogen-bond acceptors (Lipinski definition) is 10. The van der Waals surface area contributed by atoms with Gasteiger partial charge in [-0.3, -0.25) is 0 Å². The van der Waals surface area contributed by atoms with E-state index < -0.39 is 10.8 Å². The van der Waals surface area contributed by atoms with Gasteiger partial charge in [-0.25, -0.2) is 9.97 Å². The van der Waals surface area contributed by atoms with Crippen LogP contribution >= 0.6 is 0 Å². The summed E-state index contributed by atoms with van der Waals surface area (Å²) >= 11 is 0. The molecule has 0 bridgehead atoms. The molecule has 18 aromatic rings. The quantitative estimate of drug-likeness (QED) is 0.117. The maximum atomic E-state index is 6.48. The zero-order chi connectivity index (χ0) is 71.0. The monoisotopic (exact) mass is 1380 g/mol. The van der Waals surface area contributed by atoms with Gasteiger partial charge in [0.15, 0.2) is 0 Å². The third-order valence-corrected chi connectivity index (χ3v) is 22.4. The average molecular weight is 1380 g/mol. The zero-order valence-electron chi connectivity index (χ0n) is 58.0. The summed E-state index contributed by atoms with van der Waals surface area (Å²) in [7, 11) is 0. The summed E-state index contributed by atoms with van der Waals surface area (Å²) in [5, 5.41) is 18.3. The average Bonchev–Trinajstić information content (AvgIpc) is 1.51. The lowest BCUT2D eigenvalue weighted by Crippen LogP contribution is -2.26. The Balaban J connectivity index is 0.640. The first-order valence-corrected chi connectivity index (χ1v) is 36.5. The van der Waals surface area contributed by atoms with E-state index in [1.54, 1.807) is 0 Å². The van der Waals surface area contributed by atoms with Gasteiger partial charge in [0.25, 0.3) is 0 Å². The molecular formula is C98H60N8O2. The number of aromatic nitrogens is 6. The SMILES string of the molecule is c1ccc(-c2nnc(-c3ccc4c(c3)C3(c5ccccc5-c5ccccc53)c3cc(N(c5ccccc5)c5ccc(-c6nc7ccccc7nc6-c6ccc(N(c7ccccc7)c7ccc8c(c7)C7(c9ccccc9-c9ccccc97)c7cc(-c9nnc(-c%10ccccc%10)o9)ccc7-8)cc6)cc5)ccc3-4)o2)cc1. The number of anilines is 6. The maximum Gasteiger partial charge on any atom is 0.248 e. The first-order chi connectivity index (χ1) is 53.5. The molecule has 22 rings (SSSR count). The summed E-state index contributed by atoms with van der Waals surface area (Å²) in [6.45, 7) is 0. The van der Waals surface area contributed by atoms with Gasteiger partial charge in [-0.1, -0.05) is 231 Å². The first-order valence-electron chi connectivity index (χ1n) is 36.5. The van der Waals surface area contributed by atoms with Crippen molar-refractivity contribution in [2.75, 3.05) is 9.80 Å². The predicted octanol–water partition coefficient (Wildman–Crippen LogP) is 24.0. The normalized spacial score (nSPS) is 13.1. The highest BCUT2D eigenvalue weighted by molar-refractivity contribution is 6.00. The molecule has 3 aromatic heterocycles. The maximum absolute atomic E-state index is 6.48. The van der Waals surface area contributed by atoms with Gasteiger partial charge in [-0.2, -0.15) is 0 Å². The Kier molecular flexibility index (Phi) is 13.6. The van der Waals surface area contributed by atoms with E-state index in [1.807, 2.05) is 84.9 Å². The lowest BCUT2D eigenvalue weighted by atomic mass is 9.70. The molecule has 0 unspecified atom stereocenters. The number of fused-ring (bicyclic) bond motifs is 21. The third-order valence-electron chi connectivity index (χ3n) is 22.4. The number of benzene rings is 15. The lowest BCUT2D eigenvalue weighted by Gasteiger charge is -2.32. The molecule has 0 saturated carbocycles. The predicted molar refractivity (Wildman–Crippen MR) is 430 cm³/mol. The van der Waals surface area contributed by atoms with E-state index in [0.717, 1.165) is 89.9 Å². The molecule has 4 aliphatic carbocycles. The van der Waals surface area contributed by atoms with Crippen LogP contribution in [0.4, 0.5) is 34.1 Å². The molecule has 0 fully saturated rings. The molecule has 0 saturated heterocycles. The molecule has 0 amide bonds. The van der Waals surface area contributed by atoms with Crippen molar-refractivity contribution in [2.45, 2.75) is 10.8 Å². The largest absolute Gasteiger partial charge is 0.416 e. The molecule has 0 aliphatic heterocycles. The van der Waals surface area contributed by atoms with Gasteiger partial charge in [0, 0.05) is 67.5 Å². The Morgan fingerprint density at radius 3 is 0.815 bits per heavy atom. The van der Waals surface area contributed by atoms with Crippen LogP contribution in [0.25, 0.3) is 124 Å². The second-order valence-electron chi connectivity index (χ2n) is 28.1. The molecule has 10 heteroatoms. The third kappa shape index (κ3) is 9.13. The van der Waals surface area contributed by atoms with Crippen molar-refractivity contribution in [1.29, 1.82) is 0 Å². The number of para-hydroxylation sites is 4. The van der Waals surface area contributed by atoms with Crippen LogP contribution in [0, 0.1) is 0 Å². The Bertz CT molecular complexity index is 6140. The molecule has 4 aliphatic rings. The fourth-order valence-corrected chi connectivity index (χ4v) is 17.9. The number of nitrogens with zero attached hydrogens (tertiary/aromatic N) is 8. The van der Waals surface area contributed by atoms with E-state index in [1.165, 1.54) is 89.0 Å². The molecular weight excluding hydrogens is 1320 g/mol. The van der Waals surface area contributed by atoms with Gasteiger partial charge in [0.2, 0.25) is 23.6 Å². The molecule has 15 aromatic carbocycles. The summed E-state index contributed by atoms with van der Waals surface area (Å²) in [6.07, 6.45) is 0. The van der Waals surface area contributed by atoms with E-state index in [-0.39, 0.29) is 0 Å². The highest BCUT2D eigenvalue weighted by Crippen LogP contribution is 2.66. The first kappa shape index (κ1) is 61.0. The molecule has 0 N–H and O–H groups in total. The van der Waals surface area contributed by atoms with Gasteiger partial charge in [0.1, 0.15) is 0 Å². The van der Waals surface area contributed by atoms with Crippen molar-refractivity contribution in [3.05, 3.63) is 408 Å². The standard InChI is InChI=1S/C98H60N8O2/c1-5-23-63(24-6-1)93-101-103-95(107-93)65-45-53-77-79-55-51-71(59-87(79)97(85(77)57-65)81-35-17-13-31-73(81)74-32-14-18-36-82(74)97)105(67-27-9-3-10-28-67)69-47-41-61(42-48-69)91-92(100-90-40-22-21-39-89(90)99-91)62-43-49-70(50-44-62)106(68-29-11-4-12-30-68)72-52-56-80-78-54-46-66(96-104-102-94(108-96)64-25-7-2-8-26-64)58-86(78)98(88(80)60-72)83-37-19-15-33-75(83)76-34-16-20-38-84(76)98/h1-60H. The Morgan fingerprint density at radius 1 is 0.194 bits per heavy atom. The summed E-state index contributed by atoms with van der Waals surface area (Å²) in [6, 6.07) is 130. The second kappa shape index (κ2) is 24.0. The van der Waals surface area contributed by atoms with Gasteiger partial charge < -0.3 is 18.6 Å². The van der Waals surface area contributed by atoms with Gasteiger partial charge in [-0.15, -0.1) is 20.4 Å². The highest BCUT2D eigenvalue weighted by Gasteiger charge is 2.54. The van der Waals surface area contributed by atoms with Crippen LogP contribution in [-0.2, 0) is 10.8 Å². The smallest absolute Gasteiger partial charge is 0.248 e. The molecule has 3 heterocycles. The Morgan fingerprint density at radius 2 is 0.454 bits per heavy atom. The molecule has 0 atom stereocenters. The fraction of sp³-hybridized carbons (Fsp3) is 0.0204. The Hall–Kier alpha value is -14.5. The van der Waals surface area contributed by atoms with Crippen LogP contribution in [0.2, 0.25) is 0 Å². The second-order valence-corrected chi connectivity index (χ2v) is 28.1. The summed E-state index contributed by atoms with van der Waals surface area (Å²) in [5.41, 5.74) is 32.5. The van der Waals surface area contributed by atoms with Crippen LogP contribution < -0.4 is 9.80 Å². The zero-order valence-corrected chi connectivity index (χ0v) is 58.0. The van der Waals surface area contributed by atoms with Gasteiger partial charge >= 0.3 is 0 Å². The van der Waals surface area contributed by atoms with E-state index >= 15 is 0 Å². The van der Waals surface area contributed by atoms with Crippen molar-refractivity contribution in [1.82, 2.24) is 30.4 Å². The van der Waals surface area contributed by atoms with Gasteiger partial charge in [-0.05, 0) is 222 Å². The minimum atomic E-state index is -0.672. The van der Waals surface area contributed by atoms with Crippen LogP contribution in [0.5, 0.6) is 0 Å². The van der Waals surface area contributed by atoms with Crippen LogP contribution in [0.1, 0.15) is 44.5 Å². The van der Waals surface area contributed by atoms with E-state index in [4.69, 9.17) is 18.8 Å². The minimum Gasteiger partial charge on any atom is -0.416 e. The molecule has 504 valence electrons. The minimum absolute atomic E-state index is 0.472. The van der Waals surface area contributed by atoms with Crippen LogP contribution in [0.15, 0.2) is 373 Å². The molecule has 2 spiro atoms. The molecule has 108 heavy (non-hydrogen) atoms. The van der Waals surface area contributed by atoms with E-state index in [0.29, 0.717) is 23.6 Å². The van der Waals surface area contributed by atoms with Crippen molar-refractivity contribution < 1.29 is 8.83 Å². The van der Waals surface area contributed by atoms with E-state index in [9.17, 15) is 0 Å². The van der Waals surface area contributed by atoms with Crippen molar-refractivity contribution in [2.24, 2.45) is 0 Å². The summed E-state index contributed by atoms with van der Waals surface area (Å²) in [5.74, 6) is 1.91. The van der Waals surface area contributed by atoms with Crippen molar-refractivity contribution >= 4 is 45.2 Å². The van der Waals surface area contributed by atoms with Crippen molar-refractivity contribution in [3.63, 3.8) is 0 Å². The lowest BCUT2D eigenvalue weighted by molar-refractivity contribution is 0.584. The van der Waals surface area contributed by atoms with Crippen LogP contribution in [0.3, 0.4) is 0 Å². The molecule has 10 nitrogen and oxygen atoms in total. The summed E-state index contributed by atoms with van der Waals surface area (Å²) < 4.78 is 13.0. The number of rotatable bonds is 12. The fourth-order valence-electron chi connectivity index (χ4n) is 17.9. The van der Waals surface area contributed by atoms with Gasteiger partial charge in [0.05, 0.1) is 33.3 Å². The van der Waals surface area contributed by atoms with E-state index in [2.05, 4.69) is 309 Å². The topological polar surface area (TPSA) is 110 Å². The number of hydrogen-bond donors (Lipinski definition) is 0. The molecule has 0 radical (unpaired) electrons. The van der Waals surface area contributed by atoms with Crippen LogP contribution in [-0.4, -0.2) is 30.4 Å². The van der Waals surface area contributed by atoms with Crippen molar-refractivity contribution in [3.8, 4) is 113 Å². The summed E-state index contributed by atoms with van der Waals surface area (Å²) in [4.78, 5) is 15.7. The Labute approximate surface area is 622 Å².